The van der Waals surface area contributed by atoms with E-state index in [1.807, 2.05) is 0 Å². The van der Waals surface area contributed by atoms with Crippen LogP contribution in [0, 0.1) is 0 Å². The largest absolute Gasteiger partial charge is 0.458 e. The zero-order valence-electron chi connectivity index (χ0n) is 15.4. The van der Waals surface area contributed by atoms with Gasteiger partial charge in [-0.25, -0.2) is 0 Å². The lowest BCUT2D eigenvalue weighted by Crippen LogP contribution is -2.36. The summed E-state index contributed by atoms with van der Waals surface area (Å²) in [6.07, 6.45) is 3.04. The molecular formula is C22H22N2O4. The number of hydrogen-bond acceptors (Lipinski definition) is 4. The number of ether oxygens (including phenoxy) is 1. The van der Waals surface area contributed by atoms with Gasteiger partial charge in [0.05, 0.1) is 6.61 Å². The molecule has 0 unspecified atom stereocenters. The number of aliphatic hydroxyl groups is 1. The van der Waals surface area contributed by atoms with Crippen LogP contribution in [0.15, 0.2) is 85.3 Å². The number of nitrogens with one attached hydrogen (secondary N) is 2. The maximum atomic E-state index is 12.4. The van der Waals surface area contributed by atoms with Crippen LogP contribution in [0.2, 0.25) is 0 Å². The number of aliphatic hydroxyl groups excluding tert-OH is 1. The first-order valence-corrected chi connectivity index (χ1v) is 8.60. The lowest BCUT2D eigenvalue weighted by Gasteiger charge is -2.11. The predicted octanol–water partition coefficient (Wildman–Crippen LogP) is 2.64. The maximum absolute atomic E-state index is 12.4. The Hall–Kier alpha value is -3.64. The summed E-state index contributed by atoms with van der Waals surface area (Å²) in [6.45, 7) is 7.13. The average Bonchev–Trinajstić information content (AvgIpc) is 2.73. The van der Waals surface area contributed by atoms with Crippen LogP contribution in [-0.4, -0.2) is 30.1 Å². The normalized spacial score (nSPS) is 10.7. The second-order valence-corrected chi connectivity index (χ2v) is 5.70. The Morgan fingerprint density at radius 1 is 1.07 bits per heavy atom. The number of carbonyl (C=O) groups excluding carboxylic acids is 2. The van der Waals surface area contributed by atoms with Crippen molar-refractivity contribution < 1.29 is 19.4 Å². The van der Waals surface area contributed by atoms with E-state index < -0.39 is 11.8 Å². The van der Waals surface area contributed by atoms with Crippen LogP contribution in [0.5, 0.6) is 5.75 Å². The lowest BCUT2D eigenvalue weighted by molar-refractivity contribution is -0.117. The second kappa shape index (κ2) is 10.5. The molecule has 0 heterocycles. The summed E-state index contributed by atoms with van der Waals surface area (Å²) in [5.41, 5.74) is 1.17. The molecule has 0 atom stereocenters. The van der Waals surface area contributed by atoms with Crippen molar-refractivity contribution in [2.45, 2.75) is 0 Å². The van der Waals surface area contributed by atoms with Gasteiger partial charge in [0.15, 0.2) is 0 Å². The van der Waals surface area contributed by atoms with Gasteiger partial charge >= 0.3 is 0 Å². The van der Waals surface area contributed by atoms with Crippen LogP contribution >= 0.6 is 0 Å². The van der Waals surface area contributed by atoms with Crippen molar-refractivity contribution in [1.29, 1.82) is 0 Å². The van der Waals surface area contributed by atoms with Crippen molar-refractivity contribution in [2.24, 2.45) is 0 Å². The molecule has 0 aliphatic heterocycles. The molecule has 28 heavy (non-hydrogen) atoms. The fraction of sp³-hybridized carbons (Fsp3) is 0.0909. The number of rotatable bonds is 9. The highest BCUT2D eigenvalue weighted by Crippen LogP contribution is 2.16. The molecule has 0 bridgehead atoms. The maximum Gasteiger partial charge on any atom is 0.267 e. The minimum atomic E-state index is -0.501. The van der Waals surface area contributed by atoms with Crippen molar-refractivity contribution in [3.05, 3.63) is 96.4 Å². The first-order valence-electron chi connectivity index (χ1n) is 8.60. The zero-order valence-corrected chi connectivity index (χ0v) is 15.4. The highest BCUT2D eigenvalue weighted by Gasteiger charge is 2.14. The minimum Gasteiger partial charge on any atom is -0.458 e. The summed E-state index contributed by atoms with van der Waals surface area (Å²) in [7, 11) is 0. The molecule has 2 aromatic carbocycles. The molecule has 0 fully saturated rings. The quantitative estimate of drug-likeness (QED) is 0.356. The van der Waals surface area contributed by atoms with Gasteiger partial charge in [-0.2, -0.15) is 0 Å². The number of amides is 2. The number of allylic oxidation sites excluding steroid dienone is 1. The van der Waals surface area contributed by atoms with Gasteiger partial charge in [-0.1, -0.05) is 43.5 Å². The molecule has 0 aliphatic rings. The predicted molar refractivity (Wildman–Crippen MR) is 108 cm³/mol. The van der Waals surface area contributed by atoms with Gasteiger partial charge in [0, 0.05) is 12.1 Å². The average molecular weight is 378 g/mol. The molecule has 2 rings (SSSR count). The Morgan fingerprint density at radius 2 is 1.75 bits per heavy atom. The van der Waals surface area contributed by atoms with Crippen molar-refractivity contribution in [3.63, 3.8) is 0 Å². The van der Waals surface area contributed by atoms with E-state index in [-0.39, 0.29) is 18.8 Å². The molecule has 0 spiro atoms. The van der Waals surface area contributed by atoms with E-state index in [2.05, 4.69) is 23.8 Å². The minimum absolute atomic E-state index is 0.0615. The smallest absolute Gasteiger partial charge is 0.267 e. The molecule has 3 N–H and O–H groups in total. The highest BCUT2D eigenvalue weighted by molar-refractivity contribution is 6.05. The Bertz CT molecular complexity index is 871. The van der Waals surface area contributed by atoms with Gasteiger partial charge in [-0.05, 0) is 42.0 Å². The summed E-state index contributed by atoms with van der Waals surface area (Å²) in [5.74, 6) is 0.0797. The third kappa shape index (κ3) is 6.26. The first kappa shape index (κ1) is 20.7. The number of benzene rings is 2. The van der Waals surface area contributed by atoms with Crippen LogP contribution in [0.4, 0.5) is 0 Å². The molecule has 6 heteroatoms. The third-order valence-corrected chi connectivity index (χ3v) is 3.59. The summed E-state index contributed by atoms with van der Waals surface area (Å²) in [5, 5.41) is 14.1. The summed E-state index contributed by atoms with van der Waals surface area (Å²) in [6, 6.07) is 15.5. The van der Waals surface area contributed by atoms with Gasteiger partial charge < -0.3 is 20.5 Å². The summed E-state index contributed by atoms with van der Waals surface area (Å²) in [4.78, 5) is 24.8. The van der Waals surface area contributed by atoms with Crippen molar-refractivity contribution >= 4 is 17.9 Å². The van der Waals surface area contributed by atoms with Crippen molar-refractivity contribution in [3.8, 4) is 5.75 Å². The zero-order chi connectivity index (χ0) is 20.4. The Labute approximate surface area is 163 Å². The van der Waals surface area contributed by atoms with E-state index >= 15 is 0 Å². The standard InChI is InChI=1S/C22H22N2O4/c1-3-16(2)28-19-11-9-17(10-12-19)15-20(22(27)23-13-14-25)24-21(26)18-7-5-4-6-8-18/h3-12,15,25H,1-2,13-14H2,(H,23,27)(H,24,26). The molecule has 0 aromatic heterocycles. The molecule has 144 valence electrons. The molecule has 0 saturated heterocycles. The van der Waals surface area contributed by atoms with E-state index in [4.69, 9.17) is 9.84 Å². The molecule has 2 amide bonds. The van der Waals surface area contributed by atoms with Crippen LogP contribution in [-0.2, 0) is 4.79 Å². The van der Waals surface area contributed by atoms with Gasteiger partial charge in [0.1, 0.15) is 17.2 Å². The van der Waals surface area contributed by atoms with Gasteiger partial charge in [0.25, 0.3) is 11.8 Å². The lowest BCUT2D eigenvalue weighted by atomic mass is 10.1. The van der Waals surface area contributed by atoms with Crippen molar-refractivity contribution in [2.75, 3.05) is 13.2 Å². The number of carbonyl (C=O) groups is 2. The van der Waals surface area contributed by atoms with E-state index in [0.717, 1.165) is 0 Å². The van der Waals surface area contributed by atoms with E-state index in [1.54, 1.807) is 60.7 Å². The summed E-state index contributed by atoms with van der Waals surface area (Å²) < 4.78 is 5.44. The van der Waals surface area contributed by atoms with E-state index in [9.17, 15) is 9.59 Å². The van der Waals surface area contributed by atoms with Gasteiger partial charge in [-0.3, -0.25) is 9.59 Å². The molecule has 0 aliphatic carbocycles. The Balaban J connectivity index is 2.22. The molecule has 0 radical (unpaired) electrons. The topological polar surface area (TPSA) is 87.7 Å². The van der Waals surface area contributed by atoms with E-state index in [1.165, 1.54) is 6.08 Å². The van der Waals surface area contributed by atoms with Crippen LogP contribution < -0.4 is 15.4 Å². The highest BCUT2D eigenvalue weighted by atomic mass is 16.5. The van der Waals surface area contributed by atoms with Crippen LogP contribution in [0.3, 0.4) is 0 Å². The van der Waals surface area contributed by atoms with Crippen LogP contribution in [0.25, 0.3) is 6.08 Å². The molecule has 2 aromatic rings. The third-order valence-electron chi connectivity index (χ3n) is 3.59. The van der Waals surface area contributed by atoms with Crippen molar-refractivity contribution in [1.82, 2.24) is 10.6 Å². The van der Waals surface area contributed by atoms with Gasteiger partial charge in [-0.15, -0.1) is 0 Å². The second-order valence-electron chi connectivity index (χ2n) is 5.70. The monoisotopic (exact) mass is 378 g/mol. The molecule has 6 nitrogen and oxygen atoms in total. The molecule has 0 saturated carbocycles. The first-order chi connectivity index (χ1) is 13.5. The summed E-state index contributed by atoms with van der Waals surface area (Å²) >= 11 is 0. The fourth-order valence-electron chi connectivity index (χ4n) is 2.20. The van der Waals surface area contributed by atoms with Crippen LogP contribution in [0.1, 0.15) is 15.9 Å². The Morgan fingerprint density at radius 3 is 2.36 bits per heavy atom. The number of hydrogen-bond donors (Lipinski definition) is 3. The Kier molecular flexibility index (Phi) is 7.75. The van der Waals surface area contributed by atoms with Gasteiger partial charge in [0.2, 0.25) is 0 Å². The SMILES string of the molecule is C=CC(=C)Oc1ccc(C=C(NC(=O)c2ccccc2)C(=O)NCCO)cc1. The molecular weight excluding hydrogens is 356 g/mol. The fourth-order valence-corrected chi connectivity index (χ4v) is 2.20. The van der Waals surface area contributed by atoms with E-state index in [0.29, 0.717) is 22.6 Å².